The van der Waals surface area contributed by atoms with Crippen LogP contribution in [0, 0.1) is 5.92 Å². The molecule has 6 rings (SSSR count). The minimum atomic E-state index is -0.806. The number of hydrogen-bond donors (Lipinski definition) is 3. The third kappa shape index (κ3) is 6.41. The Balaban J connectivity index is 1.17. The molecule has 5 aromatic rings. The van der Waals surface area contributed by atoms with Crippen LogP contribution in [-0.4, -0.2) is 70.3 Å². The van der Waals surface area contributed by atoms with E-state index < -0.39 is 6.04 Å². The molecule has 0 aliphatic carbocycles. The number of carbonyl (C=O) groups is 3. The zero-order chi connectivity index (χ0) is 32.4. The highest BCUT2D eigenvalue weighted by atomic mass is 16.2. The number of aromatic amines is 1. The molecule has 0 radical (unpaired) electrons. The molecular formula is C37H42N6O3. The number of amides is 3. The Morgan fingerprint density at radius 3 is 2.46 bits per heavy atom. The van der Waals surface area contributed by atoms with Crippen molar-refractivity contribution in [3.63, 3.8) is 0 Å². The van der Waals surface area contributed by atoms with Gasteiger partial charge in [-0.15, -0.1) is 0 Å². The number of nitrogens with one attached hydrogen (secondary N) is 3. The van der Waals surface area contributed by atoms with Gasteiger partial charge in [-0.2, -0.15) is 0 Å². The van der Waals surface area contributed by atoms with Crippen molar-refractivity contribution in [1.82, 2.24) is 24.7 Å². The fourth-order valence-corrected chi connectivity index (χ4v) is 6.67. The Hall–Kier alpha value is -4.89. The number of carbonyl (C=O) groups excluding carboxylic acids is 3. The molecule has 3 heterocycles. The number of hydrogen-bond acceptors (Lipinski definition) is 4. The highest BCUT2D eigenvalue weighted by molar-refractivity contribution is 6.00. The number of likely N-dealkylation sites (tertiary alicyclic amines) is 1. The molecule has 3 amide bonds. The van der Waals surface area contributed by atoms with Gasteiger partial charge in [0.05, 0.1) is 0 Å². The van der Waals surface area contributed by atoms with E-state index in [1.54, 1.807) is 0 Å². The predicted octanol–water partition coefficient (Wildman–Crippen LogP) is 5.50. The number of aryl methyl sites for hydroxylation is 1. The lowest BCUT2D eigenvalue weighted by molar-refractivity contribution is -0.130. The first kappa shape index (κ1) is 31.1. The third-order valence-corrected chi connectivity index (χ3v) is 9.21. The van der Waals surface area contributed by atoms with Crippen LogP contribution in [0.25, 0.3) is 21.8 Å². The fraction of sp³-hybridized carbons (Fsp3) is 0.324. The maximum atomic E-state index is 13.9. The van der Waals surface area contributed by atoms with E-state index in [1.807, 2.05) is 123 Å². The van der Waals surface area contributed by atoms with E-state index in [0.717, 1.165) is 39.5 Å². The van der Waals surface area contributed by atoms with Crippen molar-refractivity contribution in [3.8, 4) is 0 Å². The molecule has 238 valence electrons. The van der Waals surface area contributed by atoms with Gasteiger partial charge in [0.25, 0.3) is 5.91 Å². The largest absolute Gasteiger partial charge is 0.361 e. The molecule has 2 atom stereocenters. The Labute approximate surface area is 269 Å². The number of anilines is 1. The van der Waals surface area contributed by atoms with Gasteiger partial charge in [0.2, 0.25) is 11.8 Å². The Morgan fingerprint density at radius 2 is 1.70 bits per heavy atom. The highest BCUT2D eigenvalue weighted by Crippen LogP contribution is 2.30. The molecule has 1 fully saturated rings. The van der Waals surface area contributed by atoms with Gasteiger partial charge in [-0.05, 0) is 68.4 Å². The quantitative estimate of drug-likeness (QED) is 0.203. The van der Waals surface area contributed by atoms with Crippen molar-refractivity contribution in [2.45, 2.75) is 38.3 Å². The fourth-order valence-electron chi connectivity index (χ4n) is 6.67. The van der Waals surface area contributed by atoms with E-state index >= 15 is 0 Å². The third-order valence-electron chi connectivity index (χ3n) is 9.21. The van der Waals surface area contributed by atoms with Crippen molar-refractivity contribution < 1.29 is 14.4 Å². The summed E-state index contributed by atoms with van der Waals surface area (Å²) < 4.78 is 1.93. The van der Waals surface area contributed by atoms with E-state index in [9.17, 15) is 14.4 Å². The van der Waals surface area contributed by atoms with Gasteiger partial charge in [-0.1, -0.05) is 55.5 Å². The normalized spacial score (nSPS) is 15.3. The number of nitrogens with zero attached hydrogens (tertiary/aromatic N) is 3. The smallest absolute Gasteiger partial charge is 0.270 e. The Bertz CT molecular complexity index is 1880. The first-order chi connectivity index (χ1) is 22.2. The van der Waals surface area contributed by atoms with Crippen molar-refractivity contribution in [3.05, 3.63) is 102 Å². The summed E-state index contributed by atoms with van der Waals surface area (Å²) in [4.78, 5) is 48.4. The molecule has 1 saturated heterocycles. The van der Waals surface area contributed by atoms with E-state index in [2.05, 4.69) is 20.5 Å². The van der Waals surface area contributed by atoms with Crippen LogP contribution in [0.4, 0.5) is 5.69 Å². The summed E-state index contributed by atoms with van der Waals surface area (Å²) in [5.41, 5.74) is 5.37. The van der Waals surface area contributed by atoms with Gasteiger partial charge >= 0.3 is 0 Å². The lowest BCUT2D eigenvalue weighted by atomic mass is 9.90. The van der Waals surface area contributed by atoms with E-state index in [0.29, 0.717) is 37.3 Å². The molecule has 46 heavy (non-hydrogen) atoms. The van der Waals surface area contributed by atoms with Crippen molar-refractivity contribution in [2.75, 3.05) is 32.5 Å². The van der Waals surface area contributed by atoms with Crippen molar-refractivity contribution in [1.29, 1.82) is 0 Å². The second kappa shape index (κ2) is 13.2. The minimum Gasteiger partial charge on any atom is -0.361 e. The monoisotopic (exact) mass is 618 g/mol. The minimum absolute atomic E-state index is 0.0285. The summed E-state index contributed by atoms with van der Waals surface area (Å²) >= 11 is 0. The topological polar surface area (TPSA) is 102 Å². The molecule has 1 aliphatic heterocycles. The van der Waals surface area contributed by atoms with E-state index in [1.165, 1.54) is 0 Å². The Morgan fingerprint density at radius 1 is 0.957 bits per heavy atom. The van der Waals surface area contributed by atoms with Gasteiger partial charge in [0.1, 0.15) is 11.7 Å². The molecule has 2 aromatic heterocycles. The summed E-state index contributed by atoms with van der Waals surface area (Å²) in [5.74, 6) is -1.07. The number of piperidine rings is 1. The number of para-hydroxylation sites is 2. The van der Waals surface area contributed by atoms with Gasteiger partial charge < -0.3 is 30.0 Å². The standard InChI is InChI=1S/C37H42N6O3/c1-24(30-22-38-31-14-7-6-13-29(30)31)34(36(45)39-28-12-9-10-25(20-28)23-41(2)3)40-35(44)26-16-18-43(19-17-26)37(46)33-21-27-11-5-8-15-32(27)42(33)4/h5-15,20-22,24,26,34,38H,16-19,23H2,1-4H3,(H,39,45)(H,40,44)/t24-,34-/m1/s1. The second-order valence-electron chi connectivity index (χ2n) is 12.7. The van der Waals surface area contributed by atoms with E-state index in [-0.39, 0.29) is 29.6 Å². The predicted molar refractivity (Wildman–Crippen MR) is 183 cm³/mol. The summed E-state index contributed by atoms with van der Waals surface area (Å²) in [6, 6.07) is 24.8. The van der Waals surface area contributed by atoms with Crippen LogP contribution in [-0.2, 0) is 23.2 Å². The molecular weight excluding hydrogens is 576 g/mol. The highest BCUT2D eigenvalue weighted by Gasteiger charge is 2.34. The lowest BCUT2D eigenvalue weighted by Crippen LogP contribution is -2.50. The van der Waals surface area contributed by atoms with Gasteiger partial charge in [-0.3, -0.25) is 14.4 Å². The van der Waals surface area contributed by atoms with Gasteiger partial charge in [0, 0.05) is 72.2 Å². The summed E-state index contributed by atoms with van der Waals surface area (Å²) in [6.07, 6.45) is 2.99. The number of aromatic nitrogens is 2. The van der Waals surface area contributed by atoms with Crippen LogP contribution >= 0.6 is 0 Å². The van der Waals surface area contributed by atoms with Crippen molar-refractivity contribution >= 4 is 45.2 Å². The summed E-state index contributed by atoms with van der Waals surface area (Å²) in [5, 5.41) is 8.25. The Kier molecular flexibility index (Phi) is 8.94. The molecule has 9 nitrogen and oxygen atoms in total. The maximum absolute atomic E-state index is 13.9. The van der Waals surface area contributed by atoms with Gasteiger partial charge in [-0.25, -0.2) is 0 Å². The maximum Gasteiger partial charge on any atom is 0.270 e. The first-order valence-corrected chi connectivity index (χ1v) is 15.9. The molecule has 0 bridgehead atoms. The lowest BCUT2D eigenvalue weighted by Gasteiger charge is -2.33. The zero-order valence-corrected chi connectivity index (χ0v) is 26.9. The number of rotatable bonds is 9. The molecule has 0 spiro atoms. The summed E-state index contributed by atoms with van der Waals surface area (Å²) in [6.45, 7) is 3.68. The molecule has 0 unspecified atom stereocenters. The molecule has 0 saturated carbocycles. The van der Waals surface area contributed by atoms with Crippen LogP contribution < -0.4 is 10.6 Å². The number of fused-ring (bicyclic) bond motifs is 2. The average Bonchev–Trinajstić information content (AvgIpc) is 3.64. The number of H-pyrrole nitrogens is 1. The molecule has 3 aromatic carbocycles. The molecule has 3 N–H and O–H groups in total. The zero-order valence-electron chi connectivity index (χ0n) is 26.9. The van der Waals surface area contributed by atoms with Crippen LogP contribution in [0.1, 0.15) is 47.3 Å². The van der Waals surface area contributed by atoms with Crippen molar-refractivity contribution in [2.24, 2.45) is 13.0 Å². The van der Waals surface area contributed by atoms with Gasteiger partial charge in [0.15, 0.2) is 0 Å². The summed E-state index contributed by atoms with van der Waals surface area (Å²) in [7, 11) is 5.92. The van der Waals surface area contributed by atoms with Crippen LogP contribution in [0.2, 0.25) is 0 Å². The van der Waals surface area contributed by atoms with Crippen LogP contribution in [0.3, 0.4) is 0 Å². The van der Waals surface area contributed by atoms with Crippen LogP contribution in [0.15, 0.2) is 85.1 Å². The van der Waals surface area contributed by atoms with Crippen LogP contribution in [0.5, 0.6) is 0 Å². The number of benzene rings is 3. The average molecular weight is 619 g/mol. The first-order valence-electron chi connectivity index (χ1n) is 15.9. The molecule has 1 aliphatic rings. The molecule has 9 heteroatoms. The second-order valence-corrected chi connectivity index (χ2v) is 12.7. The van der Waals surface area contributed by atoms with E-state index in [4.69, 9.17) is 0 Å². The SMILES string of the molecule is C[C@H](c1c[nH]c2ccccc12)[C@@H](NC(=O)C1CCN(C(=O)c2cc3ccccc3n2C)CC1)C(=O)Nc1cccc(CN(C)C)c1.